The predicted molar refractivity (Wildman–Crippen MR) is 93.0 cm³/mol. The number of ether oxygens (including phenoxy) is 4. The third kappa shape index (κ3) is 6.89. The van der Waals surface area contributed by atoms with E-state index in [1.807, 2.05) is 6.07 Å². The molecule has 1 N–H and O–H groups in total. The maximum absolute atomic E-state index is 12.0. The molecular formula is C18H24N2O6. The number of carbonyl (C=O) groups excluding carboxylic acids is 2. The van der Waals surface area contributed by atoms with Crippen molar-refractivity contribution in [3.05, 3.63) is 23.8 Å². The van der Waals surface area contributed by atoms with Crippen LogP contribution < -0.4 is 14.8 Å². The van der Waals surface area contributed by atoms with Gasteiger partial charge in [-0.05, 0) is 39.8 Å². The average molecular weight is 364 g/mol. The molecule has 0 spiro atoms. The molecule has 0 bridgehead atoms. The van der Waals surface area contributed by atoms with Crippen LogP contribution in [0.1, 0.15) is 33.3 Å². The van der Waals surface area contributed by atoms with Gasteiger partial charge in [-0.15, -0.1) is 0 Å². The molecule has 26 heavy (non-hydrogen) atoms. The number of nitrogens with one attached hydrogen (secondary N) is 1. The molecular weight excluding hydrogens is 340 g/mol. The standard InChI is InChI=1S/C18H24N2O6/c1-6-24-14-9-12(10-19)7-8-13(14)25-15(16(21)23-5)11-20-17(22)26-18(2,3)4/h7-9,15H,6,11H2,1-5H3,(H,20,22). The quantitative estimate of drug-likeness (QED) is 0.740. The number of hydrogen-bond acceptors (Lipinski definition) is 7. The number of nitriles is 1. The van der Waals surface area contributed by atoms with E-state index in [0.717, 1.165) is 0 Å². The van der Waals surface area contributed by atoms with Gasteiger partial charge in [0.15, 0.2) is 11.5 Å². The molecule has 1 aromatic rings. The van der Waals surface area contributed by atoms with Crippen LogP contribution >= 0.6 is 0 Å². The van der Waals surface area contributed by atoms with Gasteiger partial charge in [0, 0.05) is 6.07 Å². The highest BCUT2D eigenvalue weighted by Gasteiger charge is 2.25. The Bertz CT molecular complexity index is 675. The second-order valence-corrected chi connectivity index (χ2v) is 6.22. The molecule has 8 heteroatoms. The van der Waals surface area contributed by atoms with Gasteiger partial charge in [-0.25, -0.2) is 9.59 Å². The van der Waals surface area contributed by atoms with Gasteiger partial charge in [-0.3, -0.25) is 0 Å². The summed E-state index contributed by atoms with van der Waals surface area (Å²) in [5, 5.41) is 11.5. The number of nitrogens with zero attached hydrogens (tertiary/aromatic N) is 1. The maximum atomic E-state index is 12.0. The monoisotopic (exact) mass is 364 g/mol. The lowest BCUT2D eigenvalue weighted by molar-refractivity contribution is -0.148. The molecule has 1 rings (SSSR count). The molecule has 0 aliphatic heterocycles. The van der Waals surface area contributed by atoms with Crippen LogP contribution in [0.4, 0.5) is 4.79 Å². The Kier molecular flexibility index (Phi) is 7.72. The number of alkyl carbamates (subject to hydrolysis) is 1. The Hall–Kier alpha value is -2.95. The second kappa shape index (κ2) is 9.51. The van der Waals surface area contributed by atoms with Gasteiger partial charge in [-0.1, -0.05) is 0 Å². The zero-order valence-electron chi connectivity index (χ0n) is 15.6. The first-order valence-electron chi connectivity index (χ1n) is 8.08. The van der Waals surface area contributed by atoms with Crippen LogP contribution in [0.5, 0.6) is 11.5 Å². The molecule has 0 aliphatic rings. The first-order chi connectivity index (χ1) is 12.2. The molecule has 142 valence electrons. The zero-order chi connectivity index (χ0) is 19.7. The lowest BCUT2D eigenvalue weighted by Gasteiger charge is -2.22. The van der Waals surface area contributed by atoms with Crippen molar-refractivity contribution in [2.75, 3.05) is 20.3 Å². The van der Waals surface area contributed by atoms with E-state index in [1.165, 1.54) is 25.3 Å². The van der Waals surface area contributed by atoms with Crippen LogP contribution in [0.15, 0.2) is 18.2 Å². The first kappa shape index (κ1) is 21.1. The summed E-state index contributed by atoms with van der Waals surface area (Å²) in [6.45, 7) is 7.16. The van der Waals surface area contributed by atoms with Crippen molar-refractivity contribution >= 4 is 12.1 Å². The van der Waals surface area contributed by atoms with Crippen LogP contribution in [-0.2, 0) is 14.3 Å². The maximum Gasteiger partial charge on any atom is 0.407 e. The Balaban J connectivity index is 2.90. The molecule has 1 atom stereocenters. The molecule has 0 aliphatic carbocycles. The zero-order valence-corrected chi connectivity index (χ0v) is 15.6. The highest BCUT2D eigenvalue weighted by molar-refractivity contribution is 5.76. The Morgan fingerprint density at radius 1 is 1.27 bits per heavy atom. The van der Waals surface area contributed by atoms with Crippen molar-refractivity contribution in [1.82, 2.24) is 5.32 Å². The van der Waals surface area contributed by atoms with Crippen LogP contribution in [0.2, 0.25) is 0 Å². The summed E-state index contributed by atoms with van der Waals surface area (Å²) in [4.78, 5) is 23.8. The summed E-state index contributed by atoms with van der Waals surface area (Å²) in [6.07, 6.45) is -1.79. The van der Waals surface area contributed by atoms with Gasteiger partial charge in [-0.2, -0.15) is 5.26 Å². The number of benzene rings is 1. The minimum Gasteiger partial charge on any atom is -0.490 e. The Labute approximate surface area is 153 Å². The summed E-state index contributed by atoms with van der Waals surface area (Å²) in [6, 6.07) is 6.57. The normalized spacial score (nSPS) is 11.7. The minimum atomic E-state index is -1.11. The number of rotatable bonds is 7. The highest BCUT2D eigenvalue weighted by atomic mass is 16.6. The number of esters is 1. The molecule has 0 radical (unpaired) electrons. The van der Waals surface area contributed by atoms with Crippen LogP contribution in [0.25, 0.3) is 0 Å². The highest BCUT2D eigenvalue weighted by Crippen LogP contribution is 2.29. The minimum absolute atomic E-state index is 0.160. The molecule has 1 amide bonds. The Morgan fingerprint density at radius 3 is 2.50 bits per heavy atom. The third-order valence-corrected chi connectivity index (χ3v) is 2.94. The van der Waals surface area contributed by atoms with Gasteiger partial charge in [0.1, 0.15) is 5.60 Å². The fraction of sp³-hybridized carbons (Fsp3) is 0.500. The smallest absolute Gasteiger partial charge is 0.407 e. The van der Waals surface area contributed by atoms with E-state index >= 15 is 0 Å². The van der Waals surface area contributed by atoms with Crippen molar-refractivity contribution in [3.8, 4) is 17.6 Å². The van der Waals surface area contributed by atoms with Gasteiger partial charge in [0.2, 0.25) is 6.10 Å². The van der Waals surface area contributed by atoms with Crippen molar-refractivity contribution in [1.29, 1.82) is 5.26 Å². The molecule has 0 aromatic heterocycles. The van der Waals surface area contributed by atoms with Crippen molar-refractivity contribution in [2.45, 2.75) is 39.4 Å². The lowest BCUT2D eigenvalue weighted by Crippen LogP contribution is -2.42. The Morgan fingerprint density at radius 2 is 1.96 bits per heavy atom. The molecule has 0 saturated carbocycles. The first-order valence-corrected chi connectivity index (χ1v) is 8.08. The third-order valence-electron chi connectivity index (χ3n) is 2.94. The summed E-state index contributed by atoms with van der Waals surface area (Å²) in [5.74, 6) is -0.0992. The summed E-state index contributed by atoms with van der Waals surface area (Å²) in [7, 11) is 1.22. The van der Waals surface area contributed by atoms with E-state index in [2.05, 4.69) is 5.32 Å². The van der Waals surface area contributed by atoms with Crippen molar-refractivity contribution in [2.24, 2.45) is 0 Å². The lowest BCUT2D eigenvalue weighted by atomic mass is 10.2. The molecule has 1 aromatic carbocycles. The largest absolute Gasteiger partial charge is 0.490 e. The van der Waals surface area contributed by atoms with E-state index in [-0.39, 0.29) is 12.3 Å². The van der Waals surface area contributed by atoms with Gasteiger partial charge in [0.25, 0.3) is 0 Å². The molecule has 8 nitrogen and oxygen atoms in total. The summed E-state index contributed by atoms with van der Waals surface area (Å²) >= 11 is 0. The van der Waals surface area contributed by atoms with E-state index in [0.29, 0.717) is 17.9 Å². The fourth-order valence-corrected chi connectivity index (χ4v) is 1.89. The number of carbonyl (C=O) groups is 2. The van der Waals surface area contributed by atoms with Crippen LogP contribution in [0, 0.1) is 11.3 Å². The van der Waals surface area contributed by atoms with Crippen LogP contribution in [0.3, 0.4) is 0 Å². The van der Waals surface area contributed by atoms with E-state index < -0.39 is 23.8 Å². The summed E-state index contributed by atoms with van der Waals surface area (Å²) < 4.78 is 20.9. The number of hydrogen-bond donors (Lipinski definition) is 1. The summed E-state index contributed by atoms with van der Waals surface area (Å²) in [5.41, 5.74) is -0.275. The van der Waals surface area contributed by atoms with Crippen LogP contribution in [-0.4, -0.2) is 44.0 Å². The predicted octanol–water partition coefficient (Wildman–Crippen LogP) is 2.40. The van der Waals surface area contributed by atoms with E-state index in [4.69, 9.17) is 24.2 Å². The number of amides is 1. The average Bonchev–Trinajstić information content (AvgIpc) is 2.57. The topological polar surface area (TPSA) is 107 Å². The van der Waals surface area contributed by atoms with E-state index in [1.54, 1.807) is 27.7 Å². The molecule has 0 heterocycles. The van der Waals surface area contributed by atoms with Crippen molar-refractivity contribution < 1.29 is 28.5 Å². The number of methoxy groups -OCH3 is 1. The fourth-order valence-electron chi connectivity index (χ4n) is 1.89. The van der Waals surface area contributed by atoms with E-state index in [9.17, 15) is 9.59 Å². The van der Waals surface area contributed by atoms with Crippen molar-refractivity contribution in [3.63, 3.8) is 0 Å². The molecule has 0 fully saturated rings. The second-order valence-electron chi connectivity index (χ2n) is 6.22. The molecule has 1 unspecified atom stereocenters. The van der Waals surface area contributed by atoms with Gasteiger partial charge < -0.3 is 24.3 Å². The van der Waals surface area contributed by atoms with Gasteiger partial charge >= 0.3 is 12.1 Å². The van der Waals surface area contributed by atoms with Gasteiger partial charge in [0.05, 0.1) is 31.9 Å². The SMILES string of the molecule is CCOc1cc(C#N)ccc1OC(CNC(=O)OC(C)(C)C)C(=O)OC. The molecule has 0 saturated heterocycles.